The minimum absolute atomic E-state index is 0.0444. The van der Waals surface area contributed by atoms with Gasteiger partial charge in [-0.15, -0.1) is 0 Å². The molecule has 2 aromatic heterocycles. The number of furan rings is 1. The molecule has 0 bridgehead atoms. The van der Waals surface area contributed by atoms with Crippen LogP contribution in [0.1, 0.15) is 33.1 Å². The molecule has 0 aliphatic rings. The van der Waals surface area contributed by atoms with E-state index in [0.717, 1.165) is 27.9 Å². The van der Waals surface area contributed by atoms with E-state index in [4.69, 9.17) is 14.3 Å². The minimum Gasteiger partial charge on any atom is -0.497 e. The Balaban J connectivity index is 1.45. The van der Waals surface area contributed by atoms with Gasteiger partial charge in [-0.25, -0.2) is 0 Å². The van der Waals surface area contributed by atoms with Crippen LogP contribution in [-0.4, -0.2) is 33.9 Å². The van der Waals surface area contributed by atoms with Gasteiger partial charge in [0.15, 0.2) is 5.76 Å². The third-order valence-corrected chi connectivity index (χ3v) is 5.35. The van der Waals surface area contributed by atoms with Crippen LogP contribution in [0.3, 0.4) is 0 Å². The zero-order valence-corrected chi connectivity index (χ0v) is 18.0. The highest BCUT2D eigenvalue weighted by molar-refractivity contribution is 6.04. The quantitative estimate of drug-likeness (QED) is 0.453. The largest absolute Gasteiger partial charge is 0.497 e. The number of aryl methyl sites for hydroxylation is 1. The fourth-order valence-electron chi connectivity index (χ4n) is 3.61. The van der Waals surface area contributed by atoms with Crippen molar-refractivity contribution in [1.82, 2.24) is 9.78 Å². The molecule has 0 unspecified atom stereocenters. The summed E-state index contributed by atoms with van der Waals surface area (Å²) in [4.78, 5) is 23.7. The molecule has 0 fully saturated rings. The molecular formula is C24H23N3O5. The number of carbonyl (C=O) groups excluding carboxylic acids is 1. The Kier molecular flexibility index (Phi) is 5.68. The van der Waals surface area contributed by atoms with Crippen LogP contribution in [0.15, 0.2) is 52.9 Å². The summed E-state index contributed by atoms with van der Waals surface area (Å²) in [7, 11) is 1.59. The second-order valence-corrected chi connectivity index (χ2v) is 7.54. The fraction of sp³-hybridized carbons (Fsp3) is 0.208. The lowest BCUT2D eigenvalue weighted by molar-refractivity contribution is -0.136. The summed E-state index contributed by atoms with van der Waals surface area (Å²) in [5.41, 5.74) is 4.52. The molecule has 32 heavy (non-hydrogen) atoms. The molecule has 2 N–H and O–H groups in total. The number of amides is 1. The van der Waals surface area contributed by atoms with Gasteiger partial charge in [0.25, 0.3) is 5.91 Å². The number of carboxylic acids is 1. The number of methoxy groups -OCH3 is 1. The van der Waals surface area contributed by atoms with E-state index >= 15 is 0 Å². The summed E-state index contributed by atoms with van der Waals surface area (Å²) in [6, 6.07) is 14.4. The van der Waals surface area contributed by atoms with Gasteiger partial charge < -0.3 is 19.6 Å². The van der Waals surface area contributed by atoms with Gasteiger partial charge in [-0.2, -0.15) is 5.10 Å². The van der Waals surface area contributed by atoms with E-state index in [9.17, 15) is 9.59 Å². The van der Waals surface area contributed by atoms with E-state index in [1.165, 1.54) is 0 Å². The van der Waals surface area contributed by atoms with Crippen LogP contribution >= 0.6 is 0 Å². The van der Waals surface area contributed by atoms with Crippen LogP contribution in [0.5, 0.6) is 5.75 Å². The molecule has 0 aliphatic carbocycles. The van der Waals surface area contributed by atoms with Crippen LogP contribution in [-0.2, 0) is 17.8 Å². The van der Waals surface area contributed by atoms with Gasteiger partial charge in [0.1, 0.15) is 11.3 Å². The number of aliphatic carboxylic acids is 1. The summed E-state index contributed by atoms with van der Waals surface area (Å²) in [6.45, 7) is 4.19. The van der Waals surface area contributed by atoms with Crippen molar-refractivity contribution >= 4 is 28.5 Å². The van der Waals surface area contributed by atoms with Gasteiger partial charge in [0.05, 0.1) is 25.8 Å². The van der Waals surface area contributed by atoms with Crippen molar-refractivity contribution in [3.8, 4) is 5.75 Å². The van der Waals surface area contributed by atoms with Crippen LogP contribution in [0.25, 0.3) is 11.0 Å². The molecule has 0 atom stereocenters. The van der Waals surface area contributed by atoms with Gasteiger partial charge in [0.2, 0.25) is 0 Å². The summed E-state index contributed by atoms with van der Waals surface area (Å²) >= 11 is 0. The molecular weight excluding hydrogens is 410 g/mol. The smallest absolute Gasteiger partial charge is 0.307 e. The number of carbonyl (C=O) groups is 2. The zero-order chi connectivity index (χ0) is 22.8. The van der Waals surface area contributed by atoms with Gasteiger partial charge >= 0.3 is 5.97 Å². The van der Waals surface area contributed by atoms with Crippen molar-refractivity contribution in [3.63, 3.8) is 0 Å². The number of hydrogen-bond acceptors (Lipinski definition) is 5. The van der Waals surface area contributed by atoms with Gasteiger partial charge in [-0.05, 0) is 55.8 Å². The fourth-order valence-corrected chi connectivity index (χ4v) is 3.61. The third-order valence-electron chi connectivity index (χ3n) is 5.35. The van der Waals surface area contributed by atoms with Gasteiger partial charge in [0, 0.05) is 22.3 Å². The predicted octanol–water partition coefficient (Wildman–Crippen LogP) is 4.18. The first-order valence-electron chi connectivity index (χ1n) is 10.1. The standard InChI is InChI=1S/C24H23N3O5/c1-14-20(12-23(28)29)15(2)27(26-14)13-16-4-6-18(7-5-16)25-24(30)22-11-17-10-19(31-3)8-9-21(17)32-22/h4-11H,12-13H2,1-3H3,(H,25,30)(H,28,29). The Hall–Kier alpha value is -4.07. The SMILES string of the molecule is COc1ccc2oc(C(=O)Nc3ccc(Cn4nc(C)c(CC(=O)O)c4C)cc3)cc2c1. The maximum absolute atomic E-state index is 12.6. The molecule has 4 rings (SSSR count). The van der Waals surface area contributed by atoms with Crippen molar-refractivity contribution < 1.29 is 23.8 Å². The maximum atomic E-state index is 12.6. The molecule has 164 valence electrons. The zero-order valence-electron chi connectivity index (χ0n) is 18.0. The number of nitrogens with zero attached hydrogens (tertiary/aromatic N) is 2. The second-order valence-electron chi connectivity index (χ2n) is 7.54. The molecule has 0 aliphatic heterocycles. The molecule has 4 aromatic rings. The second kappa shape index (κ2) is 8.58. The highest BCUT2D eigenvalue weighted by atomic mass is 16.5. The summed E-state index contributed by atoms with van der Waals surface area (Å²) < 4.78 is 12.6. The molecule has 2 aromatic carbocycles. The lowest BCUT2D eigenvalue weighted by Gasteiger charge is -2.07. The Labute approximate surface area is 184 Å². The molecule has 8 heteroatoms. The number of ether oxygens (including phenoxy) is 1. The average molecular weight is 433 g/mol. The summed E-state index contributed by atoms with van der Waals surface area (Å²) in [6.07, 6.45) is -0.0444. The number of aromatic nitrogens is 2. The minimum atomic E-state index is -0.876. The van der Waals surface area contributed by atoms with Crippen LogP contribution in [0.4, 0.5) is 5.69 Å². The topological polar surface area (TPSA) is 107 Å². The van der Waals surface area contributed by atoms with E-state index in [0.29, 0.717) is 23.6 Å². The molecule has 1 amide bonds. The number of nitrogens with one attached hydrogen (secondary N) is 1. The summed E-state index contributed by atoms with van der Waals surface area (Å²) in [5, 5.41) is 17.2. The number of fused-ring (bicyclic) bond motifs is 1. The van der Waals surface area contributed by atoms with Crippen molar-refractivity contribution in [3.05, 3.63) is 76.8 Å². The van der Waals surface area contributed by atoms with E-state index < -0.39 is 5.97 Å². The Morgan fingerprint density at radius 2 is 1.88 bits per heavy atom. The van der Waals surface area contributed by atoms with Gasteiger partial charge in [-0.1, -0.05) is 12.1 Å². The van der Waals surface area contributed by atoms with Crippen molar-refractivity contribution in [1.29, 1.82) is 0 Å². The van der Waals surface area contributed by atoms with Crippen LogP contribution < -0.4 is 10.1 Å². The number of benzene rings is 2. The predicted molar refractivity (Wildman–Crippen MR) is 119 cm³/mol. The first-order valence-corrected chi connectivity index (χ1v) is 10.1. The number of anilines is 1. The molecule has 0 saturated heterocycles. The third kappa shape index (κ3) is 4.34. The molecule has 0 spiro atoms. The molecule has 8 nitrogen and oxygen atoms in total. The first kappa shape index (κ1) is 21.2. The summed E-state index contributed by atoms with van der Waals surface area (Å²) in [5.74, 6) is -0.311. The Morgan fingerprint density at radius 3 is 2.56 bits per heavy atom. The van der Waals surface area contributed by atoms with Crippen LogP contribution in [0, 0.1) is 13.8 Å². The van der Waals surface area contributed by atoms with E-state index in [1.54, 1.807) is 30.0 Å². The molecule has 0 radical (unpaired) electrons. The lowest BCUT2D eigenvalue weighted by atomic mass is 10.1. The van der Waals surface area contributed by atoms with Crippen molar-refractivity contribution in [2.75, 3.05) is 12.4 Å². The van der Waals surface area contributed by atoms with E-state index in [-0.39, 0.29) is 18.1 Å². The average Bonchev–Trinajstić information content (AvgIpc) is 3.31. The number of hydrogen-bond donors (Lipinski definition) is 2. The molecule has 2 heterocycles. The maximum Gasteiger partial charge on any atom is 0.307 e. The lowest BCUT2D eigenvalue weighted by Crippen LogP contribution is -2.11. The van der Waals surface area contributed by atoms with Crippen LogP contribution in [0.2, 0.25) is 0 Å². The van der Waals surface area contributed by atoms with Gasteiger partial charge in [-0.3, -0.25) is 14.3 Å². The Bertz CT molecular complexity index is 1300. The normalized spacial score (nSPS) is 11.0. The number of carboxylic acid groups (broad SMARTS) is 1. The number of rotatable bonds is 7. The molecule has 0 saturated carbocycles. The van der Waals surface area contributed by atoms with Crippen molar-refractivity contribution in [2.24, 2.45) is 0 Å². The highest BCUT2D eigenvalue weighted by Crippen LogP contribution is 2.25. The first-order chi connectivity index (χ1) is 15.3. The van der Waals surface area contributed by atoms with E-state index in [1.807, 2.05) is 44.2 Å². The van der Waals surface area contributed by atoms with E-state index in [2.05, 4.69) is 10.4 Å². The highest BCUT2D eigenvalue weighted by Gasteiger charge is 2.15. The Morgan fingerprint density at radius 1 is 1.12 bits per heavy atom. The van der Waals surface area contributed by atoms with Crippen molar-refractivity contribution in [2.45, 2.75) is 26.8 Å². The monoisotopic (exact) mass is 433 g/mol.